The fraction of sp³-hybridized carbons (Fsp3) is 0.909. The molecule has 0 aromatic carbocycles. The topological polar surface area (TPSA) is 52.3 Å². The molecule has 0 radical (unpaired) electrons. The first-order valence-corrected chi connectivity index (χ1v) is 5.47. The van der Waals surface area contributed by atoms with Gasteiger partial charge in [0.2, 0.25) is 0 Å². The van der Waals surface area contributed by atoms with E-state index < -0.39 is 0 Å². The lowest BCUT2D eigenvalue weighted by molar-refractivity contribution is -0.145. The largest absolute Gasteiger partial charge is 0.469 e. The smallest absolute Gasteiger partial charge is 0.308 e. The Morgan fingerprint density at radius 3 is 2.50 bits per heavy atom. The van der Waals surface area contributed by atoms with Crippen molar-refractivity contribution in [2.24, 2.45) is 17.6 Å². The first-order chi connectivity index (χ1) is 6.63. The zero-order chi connectivity index (χ0) is 10.6. The van der Waals surface area contributed by atoms with E-state index in [2.05, 4.69) is 0 Å². The number of ether oxygens (including phenoxy) is 1. The van der Waals surface area contributed by atoms with E-state index in [-0.39, 0.29) is 11.9 Å². The molecule has 1 saturated carbocycles. The van der Waals surface area contributed by atoms with Crippen molar-refractivity contribution in [3.05, 3.63) is 0 Å². The Bertz CT molecular complexity index is 186. The fourth-order valence-electron chi connectivity index (χ4n) is 2.22. The highest BCUT2D eigenvalue weighted by Gasteiger charge is 2.23. The van der Waals surface area contributed by atoms with Gasteiger partial charge in [-0.3, -0.25) is 4.79 Å². The van der Waals surface area contributed by atoms with Crippen molar-refractivity contribution < 1.29 is 9.53 Å². The first kappa shape index (κ1) is 11.5. The molecule has 0 amide bonds. The Morgan fingerprint density at radius 2 is 2.00 bits per heavy atom. The zero-order valence-corrected chi connectivity index (χ0v) is 9.16. The fourth-order valence-corrected chi connectivity index (χ4v) is 2.22. The Balaban J connectivity index is 2.27. The molecule has 0 aliphatic heterocycles. The lowest BCUT2D eigenvalue weighted by Crippen LogP contribution is -2.28. The summed E-state index contributed by atoms with van der Waals surface area (Å²) in [6.07, 6.45) is 5.52. The van der Waals surface area contributed by atoms with Gasteiger partial charge in [-0.1, -0.05) is 6.92 Å². The van der Waals surface area contributed by atoms with E-state index in [1.54, 1.807) is 0 Å². The van der Waals surface area contributed by atoms with Crippen LogP contribution in [0, 0.1) is 11.8 Å². The normalized spacial score (nSPS) is 29.6. The Labute approximate surface area is 86.0 Å². The van der Waals surface area contributed by atoms with E-state index >= 15 is 0 Å². The summed E-state index contributed by atoms with van der Waals surface area (Å²) in [6.45, 7) is 1.94. The number of esters is 1. The van der Waals surface area contributed by atoms with Crippen molar-refractivity contribution in [1.29, 1.82) is 0 Å². The maximum atomic E-state index is 11.2. The molecule has 1 aliphatic rings. The summed E-state index contributed by atoms with van der Waals surface area (Å²) < 4.78 is 4.71. The number of hydrogen-bond acceptors (Lipinski definition) is 3. The van der Waals surface area contributed by atoms with Gasteiger partial charge in [0.1, 0.15) is 0 Å². The molecule has 14 heavy (non-hydrogen) atoms. The number of rotatable bonds is 3. The van der Waals surface area contributed by atoms with E-state index in [0.29, 0.717) is 12.0 Å². The summed E-state index contributed by atoms with van der Waals surface area (Å²) in [5.74, 6) is 0.628. The molecule has 3 heteroatoms. The molecule has 1 atom stereocenters. The van der Waals surface area contributed by atoms with Gasteiger partial charge in [0.25, 0.3) is 0 Å². The van der Waals surface area contributed by atoms with Crippen molar-refractivity contribution in [2.45, 2.75) is 45.1 Å². The van der Waals surface area contributed by atoms with Crippen LogP contribution in [0.3, 0.4) is 0 Å². The summed E-state index contributed by atoms with van der Waals surface area (Å²) in [7, 11) is 1.45. The summed E-state index contributed by atoms with van der Waals surface area (Å²) in [6, 6.07) is 0.389. The average Bonchev–Trinajstić information content (AvgIpc) is 2.20. The maximum absolute atomic E-state index is 11.2. The second kappa shape index (κ2) is 5.35. The van der Waals surface area contributed by atoms with Gasteiger partial charge in [0.15, 0.2) is 0 Å². The van der Waals surface area contributed by atoms with Gasteiger partial charge >= 0.3 is 5.97 Å². The molecule has 3 nitrogen and oxygen atoms in total. The molecule has 1 aliphatic carbocycles. The summed E-state index contributed by atoms with van der Waals surface area (Å²) in [5.41, 5.74) is 5.82. The molecule has 0 saturated heterocycles. The maximum Gasteiger partial charge on any atom is 0.308 e. The third kappa shape index (κ3) is 3.29. The van der Waals surface area contributed by atoms with E-state index in [4.69, 9.17) is 10.5 Å². The van der Waals surface area contributed by atoms with Gasteiger partial charge in [-0.05, 0) is 38.0 Å². The highest BCUT2D eigenvalue weighted by Crippen LogP contribution is 2.28. The second-order valence-corrected chi connectivity index (χ2v) is 4.44. The van der Waals surface area contributed by atoms with Crippen LogP contribution in [-0.4, -0.2) is 19.1 Å². The van der Waals surface area contributed by atoms with Crippen LogP contribution in [0.1, 0.15) is 39.0 Å². The molecule has 1 fully saturated rings. The van der Waals surface area contributed by atoms with Crippen LogP contribution in [0.4, 0.5) is 0 Å². The highest BCUT2D eigenvalue weighted by molar-refractivity contribution is 5.71. The van der Waals surface area contributed by atoms with Crippen LogP contribution in [0.25, 0.3) is 0 Å². The van der Waals surface area contributed by atoms with Crippen LogP contribution in [0.15, 0.2) is 0 Å². The van der Waals surface area contributed by atoms with Crippen LogP contribution < -0.4 is 5.73 Å². The quantitative estimate of drug-likeness (QED) is 0.704. The SMILES string of the molecule is COC(=O)[C@H](C)CC1CCC(N)CC1. The van der Waals surface area contributed by atoms with Crippen LogP contribution >= 0.6 is 0 Å². The molecule has 0 aromatic heterocycles. The van der Waals surface area contributed by atoms with Crippen LogP contribution in [0.2, 0.25) is 0 Å². The number of hydrogen-bond donors (Lipinski definition) is 1. The van der Waals surface area contributed by atoms with E-state index in [0.717, 1.165) is 19.3 Å². The molecular weight excluding hydrogens is 178 g/mol. The third-order valence-corrected chi connectivity index (χ3v) is 3.18. The summed E-state index contributed by atoms with van der Waals surface area (Å²) in [4.78, 5) is 11.2. The standard InChI is InChI=1S/C11H21NO2/c1-8(11(13)14-2)7-9-3-5-10(12)6-4-9/h8-10H,3-7,12H2,1-2H3/t8-,9?,10?/m1/s1. The molecule has 2 N–H and O–H groups in total. The van der Waals surface area contributed by atoms with Crippen molar-refractivity contribution in [1.82, 2.24) is 0 Å². The van der Waals surface area contributed by atoms with E-state index in [1.165, 1.54) is 20.0 Å². The van der Waals surface area contributed by atoms with Gasteiger partial charge in [-0.2, -0.15) is 0 Å². The Hall–Kier alpha value is -0.570. The number of methoxy groups -OCH3 is 1. The van der Waals surface area contributed by atoms with Gasteiger partial charge in [0, 0.05) is 6.04 Å². The molecule has 1 rings (SSSR count). The zero-order valence-electron chi connectivity index (χ0n) is 9.16. The van der Waals surface area contributed by atoms with E-state index in [1.807, 2.05) is 6.92 Å². The minimum atomic E-state index is -0.0835. The van der Waals surface area contributed by atoms with Crippen molar-refractivity contribution >= 4 is 5.97 Å². The average molecular weight is 199 g/mol. The third-order valence-electron chi connectivity index (χ3n) is 3.18. The first-order valence-electron chi connectivity index (χ1n) is 5.47. The van der Waals surface area contributed by atoms with Gasteiger partial charge in [-0.15, -0.1) is 0 Å². The van der Waals surface area contributed by atoms with Crippen molar-refractivity contribution in [2.75, 3.05) is 7.11 Å². The molecule has 0 unspecified atom stereocenters. The molecule has 0 spiro atoms. The molecule has 0 bridgehead atoms. The number of carbonyl (C=O) groups is 1. The predicted molar refractivity (Wildman–Crippen MR) is 55.7 cm³/mol. The lowest BCUT2D eigenvalue weighted by Gasteiger charge is -2.27. The molecular formula is C11H21NO2. The van der Waals surface area contributed by atoms with Crippen molar-refractivity contribution in [3.63, 3.8) is 0 Å². The van der Waals surface area contributed by atoms with Gasteiger partial charge in [0.05, 0.1) is 13.0 Å². The van der Waals surface area contributed by atoms with Crippen LogP contribution in [0.5, 0.6) is 0 Å². The minimum absolute atomic E-state index is 0.0410. The summed E-state index contributed by atoms with van der Waals surface area (Å²) >= 11 is 0. The summed E-state index contributed by atoms with van der Waals surface area (Å²) in [5, 5.41) is 0. The van der Waals surface area contributed by atoms with Gasteiger partial charge < -0.3 is 10.5 Å². The monoisotopic (exact) mass is 199 g/mol. The predicted octanol–water partition coefficient (Wildman–Crippen LogP) is 1.70. The van der Waals surface area contributed by atoms with E-state index in [9.17, 15) is 4.79 Å². The Kier molecular flexibility index (Phi) is 4.39. The molecule has 82 valence electrons. The lowest BCUT2D eigenvalue weighted by atomic mass is 9.81. The second-order valence-electron chi connectivity index (χ2n) is 4.44. The minimum Gasteiger partial charge on any atom is -0.469 e. The Morgan fingerprint density at radius 1 is 1.43 bits per heavy atom. The van der Waals surface area contributed by atoms with Crippen LogP contribution in [-0.2, 0) is 9.53 Å². The molecule has 0 heterocycles. The van der Waals surface area contributed by atoms with Crippen molar-refractivity contribution in [3.8, 4) is 0 Å². The van der Waals surface area contributed by atoms with Gasteiger partial charge in [-0.25, -0.2) is 0 Å². The molecule has 0 aromatic rings. The number of nitrogens with two attached hydrogens (primary N) is 1. The number of carbonyl (C=O) groups excluding carboxylic acids is 1. The highest BCUT2D eigenvalue weighted by atomic mass is 16.5.